The lowest BCUT2D eigenvalue weighted by atomic mass is 9.81. The average molecular weight is 343 g/mol. The van der Waals surface area contributed by atoms with Crippen LogP contribution in [-0.4, -0.2) is 37.9 Å². The van der Waals surface area contributed by atoms with Crippen LogP contribution in [0.5, 0.6) is 0 Å². The molecule has 2 atom stereocenters. The standard InChI is InChI=1S/C20H25NO2S/c1-22-19-15-20(17-9-14-24-18(17)8-13-23-20)10-12-21(19)11-7-16-5-3-2-4-6-16/h2-6,9,14,19H,7-8,10-13,15H2,1H3. The van der Waals surface area contributed by atoms with Gasteiger partial charge < -0.3 is 9.47 Å². The third-order valence-electron chi connectivity index (χ3n) is 5.46. The topological polar surface area (TPSA) is 21.7 Å². The zero-order valence-electron chi connectivity index (χ0n) is 14.2. The molecule has 1 aromatic heterocycles. The summed E-state index contributed by atoms with van der Waals surface area (Å²) in [5.74, 6) is 0. The highest BCUT2D eigenvalue weighted by molar-refractivity contribution is 7.10. The number of piperidine rings is 1. The molecule has 1 saturated heterocycles. The average Bonchev–Trinajstić information content (AvgIpc) is 3.12. The van der Waals surface area contributed by atoms with E-state index in [1.807, 2.05) is 18.4 Å². The first kappa shape index (κ1) is 16.3. The Kier molecular flexibility index (Phi) is 4.72. The van der Waals surface area contributed by atoms with Crippen molar-refractivity contribution in [2.45, 2.75) is 37.5 Å². The SMILES string of the molecule is COC1CC2(CCN1CCc1ccccc1)OCCc1sccc12. The number of ether oxygens (including phenoxy) is 2. The zero-order valence-corrected chi connectivity index (χ0v) is 15.1. The number of hydrogen-bond acceptors (Lipinski definition) is 4. The van der Waals surface area contributed by atoms with E-state index in [1.54, 1.807) is 0 Å². The molecule has 0 radical (unpaired) electrons. The smallest absolute Gasteiger partial charge is 0.113 e. The molecule has 3 nitrogen and oxygen atoms in total. The lowest BCUT2D eigenvalue weighted by Crippen LogP contribution is -2.52. The minimum Gasteiger partial charge on any atom is -0.370 e. The minimum absolute atomic E-state index is 0.127. The number of methoxy groups -OCH3 is 1. The molecule has 3 heterocycles. The summed E-state index contributed by atoms with van der Waals surface area (Å²) in [6.45, 7) is 2.91. The fourth-order valence-electron chi connectivity index (χ4n) is 4.12. The highest BCUT2D eigenvalue weighted by atomic mass is 32.1. The number of rotatable bonds is 4. The number of nitrogens with zero attached hydrogens (tertiary/aromatic N) is 1. The van der Waals surface area contributed by atoms with Gasteiger partial charge in [-0.1, -0.05) is 30.3 Å². The second kappa shape index (κ2) is 6.96. The van der Waals surface area contributed by atoms with Crippen LogP contribution in [0.3, 0.4) is 0 Å². The fraction of sp³-hybridized carbons (Fsp3) is 0.500. The van der Waals surface area contributed by atoms with Gasteiger partial charge in [0.1, 0.15) is 6.23 Å². The first-order valence-corrected chi connectivity index (χ1v) is 9.70. The van der Waals surface area contributed by atoms with E-state index in [4.69, 9.17) is 9.47 Å². The molecule has 0 N–H and O–H groups in total. The van der Waals surface area contributed by atoms with Crippen molar-refractivity contribution in [2.75, 3.05) is 26.8 Å². The van der Waals surface area contributed by atoms with E-state index in [-0.39, 0.29) is 11.8 Å². The first-order chi connectivity index (χ1) is 11.8. The molecule has 128 valence electrons. The highest BCUT2D eigenvalue weighted by Crippen LogP contribution is 2.45. The Bertz CT molecular complexity index is 671. The maximum atomic E-state index is 6.33. The number of thiophene rings is 1. The molecule has 2 aliphatic heterocycles. The predicted octanol–water partition coefficient (Wildman–Crippen LogP) is 3.83. The van der Waals surface area contributed by atoms with Crippen LogP contribution in [0.4, 0.5) is 0 Å². The van der Waals surface area contributed by atoms with Crippen LogP contribution in [0.2, 0.25) is 0 Å². The van der Waals surface area contributed by atoms with Gasteiger partial charge in [0.25, 0.3) is 0 Å². The lowest BCUT2D eigenvalue weighted by molar-refractivity contribution is -0.165. The molecular weight excluding hydrogens is 318 g/mol. The van der Waals surface area contributed by atoms with Gasteiger partial charge >= 0.3 is 0 Å². The van der Waals surface area contributed by atoms with Crippen LogP contribution in [0, 0.1) is 0 Å². The molecule has 1 aromatic carbocycles. The van der Waals surface area contributed by atoms with E-state index in [0.29, 0.717) is 0 Å². The van der Waals surface area contributed by atoms with Gasteiger partial charge in [0, 0.05) is 37.9 Å². The molecule has 1 spiro atoms. The molecule has 1 fully saturated rings. The number of benzene rings is 1. The molecule has 2 unspecified atom stereocenters. The summed E-state index contributed by atoms with van der Waals surface area (Å²) in [5, 5.41) is 2.21. The van der Waals surface area contributed by atoms with Gasteiger partial charge in [-0.3, -0.25) is 4.90 Å². The molecule has 0 bridgehead atoms. The van der Waals surface area contributed by atoms with Crippen LogP contribution >= 0.6 is 11.3 Å². The van der Waals surface area contributed by atoms with Gasteiger partial charge in [-0.25, -0.2) is 0 Å². The van der Waals surface area contributed by atoms with Crippen LogP contribution < -0.4 is 0 Å². The van der Waals surface area contributed by atoms with E-state index < -0.39 is 0 Å². The van der Waals surface area contributed by atoms with Gasteiger partial charge in [0.15, 0.2) is 0 Å². The second-order valence-electron chi connectivity index (χ2n) is 6.77. The summed E-state index contributed by atoms with van der Waals surface area (Å²) < 4.78 is 12.2. The van der Waals surface area contributed by atoms with Crippen molar-refractivity contribution < 1.29 is 9.47 Å². The summed E-state index contributed by atoms with van der Waals surface area (Å²) >= 11 is 1.88. The Balaban J connectivity index is 1.46. The Morgan fingerprint density at radius 1 is 1.29 bits per heavy atom. The quantitative estimate of drug-likeness (QED) is 0.842. The van der Waals surface area contributed by atoms with Gasteiger partial charge in [0.2, 0.25) is 0 Å². The summed E-state index contributed by atoms with van der Waals surface area (Å²) in [4.78, 5) is 3.98. The molecule has 4 rings (SSSR count). The Labute approximate surface area is 148 Å². The molecule has 0 aliphatic carbocycles. The van der Waals surface area contributed by atoms with E-state index in [2.05, 4.69) is 46.7 Å². The Morgan fingerprint density at radius 3 is 3.00 bits per heavy atom. The summed E-state index contributed by atoms with van der Waals surface area (Å²) in [5.41, 5.74) is 2.68. The lowest BCUT2D eigenvalue weighted by Gasteiger charge is -2.47. The normalized spacial score (nSPS) is 27.3. The Morgan fingerprint density at radius 2 is 2.17 bits per heavy atom. The van der Waals surface area contributed by atoms with Crippen molar-refractivity contribution >= 4 is 11.3 Å². The summed E-state index contributed by atoms with van der Waals surface area (Å²) in [6.07, 6.45) is 4.25. The van der Waals surface area contributed by atoms with Gasteiger partial charge in [-0.15, -0.1) is 11.3 Å². The monoisotopic (exact) mass is 343 g/mol. The largest absolute Gasteiger partial charge is 0.370 e. The molecule has 0 amide bonds. The van der Waals surface area contributed by atoms with Crippen LogP contribution in [-0.2, 0) is 27.9 Å². The minimum atomic E-state index is -0.127. The zero-order chi connectivity index (χ0) is 16.4. The van der Waals surface area contributed by atoms with Gasteiger partial charge in [0.05, 0.1) is 12.2 Å². The van der Waals surface area contributed by atoms with E-state index >= 15 is 0 Å². The van der Waals surface area contributed by atoms with Crippen LogP contribution in [0.1, 0.15) is 28.8 Å². The Hall–Kier alpha value is -1.20. The van der Waals surface area contributed by atoms with E-state index in [0.717, 1.165) is 45.4 Å². The molecule has 2 aromatic rings. The molecule has 2 aliphatic rings. The van der Waals surface area contributed by atoms with Gasteiger partial charge in [-0.2, -0.15) is 0 Å². The third kappa shape index (κ3) is 3.04. The van der Waals surface area contributed by atoms with Crippen molar-refractivity contribution in [3.8, 4) is 0 Å². The third-order valence-corrected chi connectivity index (χ3v) is 6.44. The van der Waals surface area contributed by atoms with Crippen molar-refractivity contribution in [1.29, 1.82) is 0 Å². The summed E-state index contributed by atoms with van der Waals surface area (Å²) in [7, 11) is 1.83. The first-order valence-electron chi connectivity index (χ1n) is 8.82. The second-order valence-corrected chi connectivity index (χ2v) is 7.77. The number of likely N-dealkylation sites (tertiary alicyclic amines) is 1. The van der Waals surface area contributed by atoms with Crippen molar-refractivity contribution in [3.63, 3.8) is 0 Å². The van der Waals surface area contributed by atoms with Crippen molar-refractivity contribution in [1.82, 2.24) is 4.90 Å². The molecule has 0 saturated carbocycles. The van der Waals surface area contributed by atoms with E-state index in [1.165, 1.54) is 16.0 Å². The number of hydrogen-bond donors (Lipinski definition) is 0. The number of fused-ring (bicyclic) bond motifs is 2. The fourth-order valence-corrected chi connectivity index (χ4v) is 5.07. The maximum Gasteiger partial charge on any atom is 0.113 e. The highest BCUT2D eigenvalue weighted by Gasteiger charge is 2.45. The van der Waals surface area contributed by atoms with Crippen LogP contribution in [0.15, 0.2) is 41.8 Å². The molecule has 4 heteroatoms. The van der Waals surface area contributed by atoms with Gasteiger partial charge in [-0.05, 0) is 35.4 Å². The van der Waals surface area contributed by atoms with Crippen molar-refractivity contribution in [3.05, 3.63) is 57.8 Å². The summed E-state index contributed by atoms with van der Waals surface area (Å²) in [6, 6.07) is 13.0. The predicted molar refractivity (Wildman–Crippen MR) is 97.4 cm³/mol. The van der Waals surface area contributed by atoms with Crippen LogP contribution in [0.25, 0.3) is 0 Å². The van der Waals surface area contributed by atoms with Crippen molar-refractivity contribution in [2.24, 2.45) is 0 Å². The molecular formula is C20H25NO2S. The maximum absolute atomic E-state index is 6.33. The van der Waals surface area contributed by atoms with E-state index in [9.17, 15) is 0 Å². The molecule has 24 heavy (non-hydrogen) atoms.